The Bertz CT molecular complexity index is 875. The van der Waals surface area contributed by atoms with Crippen LogP contribution >= 0.6 is 0 Å². The average molecular weight is 374 g/mol. The lowest BCUT2D eigenvalue weighted by Crippen LogP contribution is -2.20. The van der Waals surface area contributed by atoms with Gasteiger partial charge in [-0.1, -0.05) is 66.7 Å². The van der Waals surface area contributed by atoms with Gasteiger partial charge in [0.15, 0.2) is 0 Å². The van der Waals surface area contributed by atoms with Gasteiger partial charge in [0.1, 0.15) is 0 Å². The summed E-state index contributed by atoms with van der Waals surface area (Å²) < 4.78 is 5.48. The zero-order valence-corrected chi connectivity index (χ0v) is 16.9. The fraction of sp³-hybridized carbons (Fsp3) is 0.385. The van der Waals surface area contributed by atoms with Crippen molar-refractivity contribution < 1.29 is 4.74 Å². The lowest BCUT2D eigenvalue weighted by atomic mass is 9.91. The third kappa shape index (κ3) is 4.63. The summed E-state index contributed by atoms with van der Waals surface area (Å²) >= 11 is 0. The second kappa shape index (κ2) is 9.36. The first-order valence-corrected chi connectivity index (χ1v) is 10.7. The van der Waals surface area contributed by atoms with Crippen LogP contribution in [-0.4, -0.2) is 19.8 Å². The predicted molar refractivity (Wildman–Crippen MR) is 118 cm³/mol. The number of fused-ring (bicyclic) bond motifs is 1. The number of aryl methyl sites for hydroxylation is 1. The minimum atomic E-state index is 0.363. The maximum Gasteiger partial charge on any atom is 0.0471 e. The highest BCUT2D eigenvalue weighted by atomic mass is 16.5. The van der Waals surface area contributed by atoms with Crippen molar-refractivity contribution in [3.63, 3.8) is 0 Å². The molecule has 3 aromatic carbocycles. The van der Waals surface area contributed by atoms with Crippen molar-refractivity contribution in [1.29, 1.82) is 0 Å². The van der Waals surface area contributed by atoms with Crippen molar-refractivity contribution in [2.45, 2.75) is 44.6 Å². The maximum atomic E-state index is 5.48. The van der Waals surface area contributed by atoms with Crippen LogP contribution in [0.4, 0.5) is 0 Å². The van der Waals surface area contributed by atoms with Gasteiger partial charge in [-0.05, 0) is 72.5 Å². The first-order valence-electron chi connectivity index (χ1n) is 10.7. The van der Waals surface area contributed by atoms with E-state index < -0.39 is 0 Å². The summed E-state index contributed by atoms with van der Waals surface area (Å²) in [6, 6.07) is 24.9. The highest BCUT2D eigenvalue weighted by Crippen LogP contribution is 2.27. The van der Waals surface area contributed by atoms with Gasteiger partial charge in [-0.2, -0.15) is 0 Å². The van der Waals surface area contributed by atoms with Crippen LogP contribution in [0.2, 0.25) is 0 Å². The van der Waals surface area contributed by atoms with Crippen LogP contribution in [0.15, 0.2) is 66.7 Å². The SMILES string of the molecule is CC(NCCCc1ccc(C2CCOCC2)cc1)c1cccc2ccccc12. The Morgan fingerprint density at radius 2 is 1.68 bits per heavy atom. The maximum absolute atomic E-state index is 5.48. The summed E-state index contributed by atoms with van der Waals surface area (Å²) in [6.45, 7) is 5.12. The van der Waals surface area contributed by atoms with Gasteiger partial charge in [-0.3, -0.25) is 0 Å². The second-order valence-corrected chi connectivity index (χ2v) is 7.98. The van der Waals surface area contributed by atoms with Crippen molar-refractivity contribution in [2.24, 2.45) is 0 Å². The Labute approximate surface area is 168 Å². The van der Waals surface area contributed by atoms with E-state index in [9.17, 15) is 0 Å². The third-order valence-corrected chi connectivity index (χ3v) is 6.06. The van der Waals surface area contributed by atoms with Gasteiger partial charge in [0.25, 0.3) is 0 Å². The van der Waals surface area contributed by atoms with Crippen molar-refractivity contribution in [3.05, 3.63) is 83.4 Å². The average Bonchev–Trinajstić information content (AvgIpc) is 2.77. The quantitative estimate of drug-likeness (QED) is 0.512. The van der Waals surface area contributed by atoms with Gasteiger partial charge in [0.05, 0.1) is 0 Å². The Kier molecular flexibility index (Phi) is 6.41. The van der Waals surface area contributed by atoms with E-state index in [1.807, 2.05) is 0 Å². The van der Waals surface area contributed by atoms with Crippen LogP contribution in [0.3, 0.4) is 0 Å². The molecule has 0 amide bonds. The highest BCUT2D eigenvalue weighted by molar-refractivity contribution is 5.86. The number of hydrogen-bond donors (Lipinski definition) is 1. The number of ether oxygens (including phenoxy) is 1. The molecule has 0 spiro atoms. The molecule has 0 radical (unpaired) electrons. The molecule has 3 aromatic rings. The normalized spacial score (nSPS) is 16.3. The van der Waals surface area contributed by atoms with Crippen molar-refractivity contribution in [3.8, 4) is 0 Å². The predicted octanol–water partition coefficient (Wildman–Crippen LogP) is 6.02. The summed E-state index contributed by atoms with van der Waals surface area (Å²) in [6.07, 6.45) is 4.61. The number of benzene rings is 3. The van der Waals surface area contributed by atoms with E-state index in [1.165, 1.54) is 27.5 Å². The molecule has 1 unspecified atom stereocenters. The van der Waals surface area contributed by atoms with Crippen LogP contribution in [0.5, 0.6) is 0 Å². The summed E-state index contributed by atoms with van der Waals surface area (Å²) in [5.74, 6) is 0.686. The molecule has 2 nitrogen and oxygen atoms in total. The summed E-state index contributed by atoms with van der Waals surface area (Å²) in [5, 5.41) is 6.38. The van der Waals surface area contributed by atoms with Gasteiger partial charge in [0, 0.05) is 19.3 Å². The van der Waals surface area contributed by atoms with E-state index in [4.69, 9.17) is 4.74 Å². The Hall–Kier alpha value is -2.16. The zero-order valence-electron chi connectivity index (χ0n) is 16.9. The van der Waals surface area contributed by atoms with Gasteiger partial charge < -0.3 is 10.1 Å². The molecule has 2 heteroatoms. The monoisotopic (exact) mass is 373 g/mol. The molecule has 1 aliphatic heterocycles. The fourth-order valence-corrected chi connectivity index (χ4v) is 4.34. The molecule has 1 N–H and O–H groups in total. The Morgan fingerprint density at radius 1 is 0.929 bits per heavy atom. The molecule has 1 saturated heterocycles. The summed E-state index contributed by atoms with van der Waals surface area (Å²) in [4.78, 5) is 0. The molecule has 28 heavy (non-hydrogen) atoms. The minimum absolute atomic E-state index is 0.363. The van der Waals surface area contributed by atoms with Gasteiger partial charge in [-0.25, -0.2) is 0 Å². The second-order valence-electron chi connectivity index (χ2n) is 7.98. The molecule has 4 rings (SSSR count). The van der Waals surface area contributed by atoms with Crippen LogP contribution in [0.25, 0.3) is 10.8 Å². The molecular weight excluding hydrogens is 342 g/mol. The van der Waals surface area contributed by atoms with Crippen LogP contribution < -0.4 is 5.32 Å². The Balaban J connectivity index is 1.27. The summed E-state index contributed by atoms with van der Waals surface area (Å²) in [5.41, 5.74) is 4.31. The molecule has 0 saturated carbocycles. The smallest absolute Gasteiger partial charge is 0.0471 e. The standard InChI is InChI=1S/C26H31NO/c1-20(25-10-4-8-24-7-2-3-9-26(24)25)27-17-5-6-21-11-13-22(14-12-21)23-15-18-28-19-16-23/h2-4,7-14,20,23,27H,5-6,15-19H2,1H3. The van der Waals surface area contributed by atoms with Gasteiger partial charge in [0.2, 0.25) is 0 Å². The van der Waals surface area contributed by atoms with E-state index in [2.05, 4.69) is 79.0 Å². The molecule has 0 bridgehead atoms. The number of nitrogens with one attached hydrogen (secondary N) is 1. The van der Waals surface area contributed by atoms with E-state index in [0.717, 1.165) is 45.4 Å². The first kappa shape index (κ1) is 19.2. The van der Waals surface area contributed by atoms with Crippen LogP contribution in [0, 0.1) is 0 Å². The number of hydrogen-bond acceptors (Lipinski definition) is 2. The highest BCUT2D eigenvalue weighted by Gasteiger charge is 2.15. The minimum Gasteiger partial charge on any atom is -0.381 e. The molecule has 0 aromatic heterocycles. The molecule has 1 aliphatic rings. The zero-order chi connectivity index (χ0) is 19.2. The fourth-order valence-electron chi connectivity index (χ4n) is 4.34. The third-order valence-electron chi connectivity index (χ3n) is 6.06. The summed E-state index contributed by atoms with van der Waals surface area (Å²) in [7, 11) is 0. The topological polar surface area (TPSA) is 21.3 Å². The molecule has 1 atom stereocenters. The van der Waals surface area contributed by atoms with Crippen molar-refractivity contribution >= 4 is 10.8 Å². The van der Waals surface area contributed by atoms with E-state index in [-0.39, 0.29) is 0 Å². The molecule has 0 aliphatic carbocycles. The van der Waals surface area contributed by atoms with Crippen molar-refractivity contribution in [2.75, 3.05) is 19.8 Å². The molecule has 1 heterocycles. The van der Waals surface area contributed by atoms with E-state index in [1.54, 1.807) is 0 Å². The van der Waals surface area contributed by atoms with Crippen LogP contribution in [0.1, 0.15) is 54.8 Å². The van der Waals surface area contributed by atoms with E-state index in [0.29, 0.717) is 12.0 Å². The first-order chi connectivity index (χ1) is 13.8. The Morgan fingerprint density at radius 3 is 2.50 bits per heavy atom. The molecule has 1 fully saturated rings. The number of rotatable bonds is 7. The van der Waals surface area contributed by atoms with Crippen molar-refractivity contribution in [1.82, 2.24) is 5.32 Å². The lowest BCUT2D eigenvalue weighted by molar-refractivity contribution is 0.0853. The largest absolute Gasteiger partial charge is 0.381 e. The molecule has 146 valence electrons. The lowest BCUT2D eigenvalue weighted by Gasteiger charge is -2.22. The van der Waals surface area contributed by atoms with Gasteiger partial charge in [-0.15, -0.1) is 0 Å². The molecular formula is C26H31NO. The van der Waals surface area contributed by atoms with Crippen LogP contribution in [-0.2, 0) is 11.2 Å². The van der Waals surface area contributed by atoms with Gasteiger partial charge >= 0.3 is 0 Å². The van der Waals surface area contributed by atoms with E-state index >= 15 is 0 Å².